The quantitative estimate of drug-likeness (QED) is 0.177. The highest BCUT2D eigenvalue weighted by atomic mass is 19.4. The lowest BCUT2D eigenvalue weighted by atomic mass is 10.00. The standard InChI is InChI=1S/C29H35F4NO7/c1-27(2,3)41-26(37)34(6)22(17-28(4,5)30)24(35)39-23(25(36)38-18-20-10-8-7-9-11-20)16-19-12-14-21(15-13-19)40-29(31,32)33/h7-15,22-23H,16-18H2,1-6H3/t22-,23-/m0/s1. The van der Waals surface area contributed by atoms with Crippen molar-refractivity contribution in [2.75, 3.05) is 7.05 Å². The van der Waals surface area contributed by atoms with Crippen molar-refractivity contribution in [2.24, 2.45) is 0 Å². The van der Waals surface area contributed by atoms with E-state index in [2.05, 4.69) is 4.74 Å². The van der Waals surface area contributed by atoms with E-state index >= 15 is 0 Å². The van der Waals surface area contributed by atoms with Gasteiger partial charge in [-0.3, -0.25) is 4.90 Å². The molecule has 226 valence electrons. The summed E-state index contributed by atoms with van der Waals surface area (Å²) in [4.78, 5) is 40.0. The number of ether oxygens (including phenoxy) is 4. The van der Waals surface area contributed by atoms with Crippen LogP contribution in [-0.2, 0) is 36.8 Å². The average molecular weight is 586 g/mol. The van der Waals surface area contributed by atoms with Crippen LogP contribution in [-0.4, -0.2) is 59.8 Å². The first-order valence-electron chi connectivity index (χ1n) is 12.7. The Morgan fingerprint density at radius 2 is 1.41 bits per heavy atom. The zero-order chi connectivity index (χ0) is 31.0. The number of carbonyl (C=O) groups excluding carboxylic acids is 3. The SMILES string of the molecule is CN(C(=O)OC(C)(C)C)[C@@H](CC(C)(C)F)C(=O)O[C@@H](Cc1ccc(OC(F)(F)F)cc1)C(=O)OCc1ccccc1. The number of esters is 2. The van der Waals surface area contributed by atoms with Crippen LogP contribution in [0.4, 0.5) is 22.4 Å². The summed E-state index contributed by atoms with van der Waals surface area (Å²) >= 11 is 0. The van der Waals surface area contributed by atoms with Crippen LogP contribution < -0.4 is 4.74 Å². The van der Waals surface area contributed by atoms with E-state index in [1.807, 2.05) is 0 Å². The van der Waals surface area contributed by atoms with Crippen molar-refractivity contribution in [2.45, 2.75) is 83.8 Å². The average Bonchev–Trinajstić information content (AvgIpc) is 2.84. The van der Waals surface area contributed by atoms with E-state index in [4.69, 9.17) is 14.2 Å². The van der Waals surface area contributed by atoms with E-state index < -0.39 is 60.0 Å². The first kappa shape index (κ1) is 33.4. The van der Waals surface area contributed by atoms with Gasteiger partial charge in [0, 0.05) is 19.9 Å². The largest absolute Gasteiger partial charge is 0.573 e. The highest BCUT2D eigenvalue weighted by molar-refractivity contribution is 5.85. The summed E-state index contributed by atoms with van der Waals surface area (Å²) in [6.45, 7) is 7.14. The van der Waals surface area contributed by atoms with Crippen LogP contribution in [0.3, 0.4) is 0 Å². The molecule has 1 amide bonds. The minimum atomic E-state index is -4.89. The lowest BCUT2D eigenvalue weighted by Gasteiger charge is -2.32. The van der Waals surface area contributed by atoms with Crippen molar-refractivity contribution in [3.63, 3.8) is 0 Å². The van der Waals surface area contributed by atoms with Gasteiger partial charge in [0.1, 0.15) is 29.7 Å². The summed E-state index contributed by atoms with van der Waals surface area (Å²) < 4.78 is 72.3. The van der Waals surface area contributed by atoms with E-state index in [9.17, 15) is 31.9 Å². The maximum Gasteiger partial charge on any atom is 0.573 e. The zero-order valence-corrected chi connectivity index (χ0v) is 23.8. The number of nitrogens with zero attached hydrogens (tertiary/aromatic N) is 1. The van der Waals surface area contributed by atoms with Gasteiger partial charge < -0.3 is 18.9 Å². The molecule has 2 atom stereocenters. The molecule has 0 unspecified atom stereocenters. The molecule has 0 fully saturated rings. The van der Waals surface area contributed by atoms with Crippen LogP contribution in [0.5, 0.6) is 5.75 Å². The van der Waals surface area contributed by atoms with E-state index in [1.54, 1.807) is 51.1 Å². The molecule has 2 aromatic rings. The van der Waals surface area contributed by atoms with Gasteiger partial charge in [0.05, 0.1) is 0 Å². The van der Waals surface area contributed by atoms with Crippen molar-refractivity contribution >= 4 is 18.0 Å². The molecule has 0 aliphatic heterocycles. The molecule has 41 heavy (non-hydrogen) atoms. The van der Waals surface area contributed by atoms with Crippen LogP contribution >= 0.6 is 0 Å². The molecule has 0 radical (unpaired) electrons. The van der Waals surface area contributed by atoms with Crippen LogP contribution in [0.25, 0.3) is 0 Å². The number of halogens is 4. The van der Waals surface area contributed by atoms with Gasteiger partial charge in [-0.15, -0.1) is 13.2 Å². The molecule has 8 nitrogen and oxygen atoms in total. The Kier molecular flexibility index (Phi) is 11.1. The van der Waals surface area contributed by atoms with Crippen LogP contribution in [0.2, 0.25) is 0 Å². The number of alkyl halides is 4. The van der Waals surface area contributed by atoms with Crippen molar-refractivity contribution in [1.29, 1.82) is 0 Å². The Bertz CT molecular complexity index is 1160. The number of likely N-dealkylation sites (N-methyl/N-ethyl adjacent to an activating group) is 1. The summed E-state index contributed by atoms with van der Waals surface area (Å²) in [7, 11) is 1.24. The number of hydrogen-bond donors (Lipinski definition) is 0. The Morgan fingerprint density at radius 1 is 0.829 bits per heavy atom. The van der Waals surface area contributed by atoms with Crippen LogP contribution in [0.15, 0.2) is 54.6 Å². The molecule has 12 heteroatoms. The summed E-state index contributed by atoms with van der Waals surface area (Å²) in [6.07, 6.45) is -8.13. The van der Waals surface area contributed by atoms with Gasteiger partial charge in [0.15, 0.2) is 0 Å². The smallest absolute Gasteiger partial charge is 0.458 e. The minimum Gasteiger partial charge on any atom is -0.458 e. The van der Waals surface area contributed by atoms with Gasteiger partial charge in [-0.2, -0.15) is 0 Å². The number of carbonyl (C=O) groups is 3. The fourth-order valence-electron chi connectivity index (χ4n) is 3.55. The second-order valence-corrected chi connectivity index (χ2v) is 10.9. The number of hydrogen-bond acceptors (Lipinski definition) is 7. The minimum absolute atomic E-state index is 0.148. The molecule has 2 aromatic carbocycles. The second-order valence-electron chi connectivity index (χ2n) is 10.9. The van der Waals surface area contributed by atoms with Gasteiger partial charge in [0.25, 0.3) is 0 Å². The molecule has 0 aliphatic rings. The van der Waals surface area contributed by atoms with Gasteiger partial charge in [-0.25, -0.2) is 18.8 Å². The van der Waals surface area contributed by atoms with Crippen LogP contribution in [0, 0.1) is 0 Å². The Morgan fingerprint density at radius 3 is 1.93 bits per heavy atom. The van der Waals surface area contributed by atoms with Gasteiger partial charge >= 0.3 is 24.4 Å². The topological polar surface area (TPSA) is 91.4 Å². The monoisotopic (exact) mass is 585 g/mol. The normalized spacial score (nSPS) is 13.5. The first-order valence-corrected chi connectivity index (χ1v) is 12.7. The Labute approximate surface area is 236 Å². The third kappa shape index (κ3) is 12.5. The fraction of sp³-hybridized carbons (Fsp3) is 0.483. The maximum atomic E-state index is 14.7. The van der Waals surface area contributed by atoms with Crippen molar-refractivity contribution in [1.82, 2.24) is 4.90 Å². The molecule has 0 spiro atoms. The molecular weight excluding hydrogens is 550 g/mol. The summed E-state index contributed by atoms with van der Waals surface area (Å²) in [6, 6.07) is 11.8. The molecule has 0 saturated heterocycles. The number of rotatable bonds is 11. The summed E-state index contributed by atoms with van der Waals surface area (Å²) in [5.41, 5.74) is -1.85. The van der Waals surface area contributed by atoms with Crippen molar-refractivity contribution in [3.05, 3.63) is 65.7 Å². The van der Waals surface area contributed by atoms with E-state index in [1.165, 1.54) is 33.0 Å². The van der Waals surface area contributed by atoms with Gasteiger partial charge in [0.2, 0.25) is 6.10 Å². The molecule has 0 saturated carbocycles. The van der Waals surface area contributed by atoms with E-state index in [0.717, 1.165) is 17.0 Å². The van der Waals surface area contributed by atoms with Crippen molar-refractivity contribution in [3.8, 4) is 5.75 Å². The highest BCUT2D eigenvalue weighted by Gasteiger charge is 2.38. The highest BCUT2D eigenvalue weighted by Crippen LogP contribution is 2.25. The van der Waals surface area contributed by atoms with Crippen LogP contribution in [0.1, 0.15) is 52.2 Å². The van der Waals surface area contributed by atoms with E-state index in [0.29, 0.717) is 11.1 Å². The van der Waals surface area contributed by atoms with Gasteiger partial charge in [-0.05, 0) is 57.9 Å². The fourth-order valence-corrected chi connectivity index (χ4v) is 3.55. The molecular formula is C29H35F4NO7. The van der Waals surface area contributed by atoms with E-state index in [-0.39, 0.29) is 13.0 Å². The van der Waals surface area contributed by atoms with Gasteiger partial charge in [-0.1, -0.05) is 42.5 Å². The summed E-state index contributed by atoms with van der Waals surface area (Å²) in [5, 5.41) is 0. The molecule has 0 N–H and O–H groups in total. The molecule has 0 heterocycles. The predicted molar refractivity (Wildman–Crippen MR) is 141 cm³/mol. The maximum absolute atomic E-state index is 14.7. The third-order valence-electron chi connectivity index (χ3n) is 5.42. The molecule has 2 rings (SSSR count). The Hall–Kier alpha value is -3.83. The first-order chi connectivity index (χ1) is 18.8. The predicted octanol–water partition coefficient (Wildman–Crippen LogP) is 6.16. The third-order valence-corrected chi connectivity index (χ3v) is 5.42. The zero-order valence-electron chi connectivity index (χ0n) is 23.8. The molecule has 0 aliphatic carbocycles. The molecule has 0 aromatic heterocycles. The lowest BCUT2D eigenvalue weighted by molar-refractivity contribution is -0.274. The number of benzene rings is 2. The number of amides is 1. The molecule has 0 bridgehead atoms. The summed E-state index contributed by atoms with van der Waals surface area (Å²) in [5.74, 6) is -2.52. The van der Waals surface area contributed by atoms with Crippen molar-refractivity contribution < 1.29 is 50.9 Å². The Balaban J connectivity index is 2.30. The lowest BCUT2D eigenvalue weighted by Crippen LogP contribution is -2.49. The second kappa shape index (κ2) is 13.7.